The van der Waals surface area contributed by atoms with Crippen LogP contribution in [0.15, 0.2) is 82.2 Å². The number of hydrogen-bond donors (Lipinski definition) is 1. The van der Waals surface area contributed by atoms with E-state index in [0.29, 0.717) is 31.6 Å². The van der Waals surface area contributed by atoms with Gasteiger partial charge in [0.05, 0.1) is 14.2 Å². The fourth-order valence-electron chi connectivity index (χ4n) is 4.18. The predicted molar refractivity (Wildman–Crippen MR) is 141 cm³/mol. The second-order valence-corrected chi connectivity index (χ2v) is 9.89. The second-order valence-electron chi connectivity index (χ2n) is 8.96. The maximum absolute atomic E-state index is 13.5. The zero-order valence-electron chi connectivity index (χ0n) is 21.1. The van der Waals surface area contributed by atoms with Crippen LogP contribution in [0.2, 0.25) is 0 Å². The van der Waals surface area contributed by atoms with Crippen molar-refractivity contribution >= 4 is 17.4 Å². The molecule has 1 N–H and O–H groups in total. The van der Waals surface area contributed by atoms with Crippen LogP contribution in [0.1, 0.15) is 54.3 Å². The molecular formula is C29H30N2O4S. The van der Waals surface area contributed by atoms with Crippen molar-refractivity contribution in [3.05, 3.63) is 99.4 Å². The van der Waals surface area contributed by atoms with E-state index in [1.807, 2.05) is 48.5 Å². The molecule has 0 atom stereocenters. The minimum absolute atomic E-state index is 0.0287. The van der Waals surface area contributed by atoms with Crippen molar-refractivity contribution in [1.29, 1.82) is 0 Å². The van der Waals surface area contributed by atoms with E-state index in [1.165, 1.54) is 11.5 Å². The number of amides is 1. The van der Waals surface area contributed by atoms with E-state index < -0.39 is 6.02 Å². The number of H-pyrrole nitrogens is 1. The van der Waals surface area contributed by atoms with Crippen molar-refractivity contribution in [2.75, 3.05) is 6.61 Å². The molecule has 1 aliphatic rings. The van der Waals surface area contributed by atoms with Gasteiger partial charge in [0.1, 0.15) is 11.5 Å². The lowest BCUT2D eigenvalue weighted by Crippen LogP contribution is -2.32. The van der Waals surface area contributed by atoms with Crippen LogP contribution in [-0.4, -0.2) is 27.8 Å². The van der Waals surface area contributed by atoms with Crippen molar-refractivity contribution in [3.63, 3.8) is 0 Å². The molecule has 4 aromatic rings. The Morgan fingerprint density at radius 2 is 1.92 bits per heavy atom. The van der Waals surface area contributed by atoms with E-state index >= 15 is 0 Å². The van der Waals surface area contributed by atoms with Gasteiger partial charge in [0.25, 0.3) is 11.5 Å². The van der Waals surface area contributed by atoms with Gasteiger partial charge in [0, 0.05) is 40.2 Å². The van der Waals surface area contributed by atoms with Crippen LogP contribution in [0.25, 0.3) is 11.3 Å². The molecular weight excluding hydrogens is 472 g/mol. The largest absolute Gasteiger partial charge is 0.493 e. The first-order valence-corrected chi connectivity index (χ1v) is 13.2. The highest BCUT2D eigenvalue weighted by Crippen LogP contribution is 2.32. The third-order valence-corrected chi connectivity index (χ3v) is 7.13. The fourth-order valence-corrected chi connectivity index (χ4v) is 4.88. The summed E-state index contributed by atoms with van der Waals surface area (Å²) in [6.07, 6.45) is 6.76. The molecule has 2 aromatic heterocycles. The highest BCUT2D eigenvalue weighted by molar-refractivity contribution is 7.05. The molecule has 0 radical (unpaired) electrons. The molecule has 1 amide bonds. The van der Waals surface area contributed by atoms with E-state index in [1.54, 1.807) is 29.4 Å². The highest BCUT2D eigenvalue weighted by Gasteiger charge is 2.33. The van der Waals surface area contributed by atoms with Gasteiger partial charge in [-0.3, -0.25) is 14.0 Å². The summed E-state index contributed by atoms with van der Waals surface area (Å²) in [5.74, 6) is 1.35. The quantitative estimate of drug-likeness (QED) is 0.231. The maximum atomic E-state index is 13.5. The molecule has 0 bridgehead atoms. The Balaban J connectivity index is 1.20. The monoisotopic (exact) mass is 503 g/mol. The number of benzene rings is 2. The Morgan fingerprint density at radius 3 is 2.64 bits per heavy atom. The van der Waals surface area contributed by atoms with Crippen LogP contribution in [0.5, 0.6) is 5.75 Å². The van der Waals surface area contributed by atoms with Gasteiger partial charge in [0.2, 0.25) is 0 Å². The van der Waals surface area contributed by atoms with Gasteiger partial charge in [-0.15, -0.1) is 0 Å². The van der Waals surface area contributed by atoms with E-state index in [4.69, 9.17) is 10.5 Å². The molecule has 36 heavy (non-hydrogen) atoms. The number of nitrogens with zero attached hydrogens (tertiary/aromatic N) is 1. The number of aromatic nitrogens is 1. The normalized spacial score (nSPS) is 14.3. The Hall–Kier alpha value is -3.58. The topological polar surface area (TPSA) is 75.5 Å². The number of rotatable bonds is 12. The van der Waals surface area contributed by atoms with Gasteiger partial charge in [-0.2, -0.15) is 0 Å². The lowest BCUT2D eigenvalue weighted by molar-refractivity contribution is 0.0728. The van der Waals surface area contributed by atoms with E-state index in [9.17, 15) is 9.59 Å². The average molecular weight is 504 g/mol. The standard InChI is InChI=1S/C29H30N2O4S/c32-28-19-25(36-30-28)8-2-1-5-17-34-27-9-4-3-7-23(27)20-31(24-15-16-24)29(33)22-13-11-21(12-14-22)26-10-6-18-35-26/h3-4,6-7,9-14,18-19,24H,1-2,5,8,15-17,20H2,(H,30,32)/i24D. The number of unbranched alkanes of at least 4 members (excludes halogenated alkanes) is 2. The number of carbonyl (C=O) groups excluding carboxylic acids is 1. The molecule has 0 spiro atoms. The molecule has 0 aliphatic heterocycles. The second kappa shape index (κ2) is 11.4. The lowest BCUT2D eigenvalue weighted by atomic mass is 10.1. The molecule has 1 saturated carbocycles. The number of aryl methyl sites for hydroxylation is 1. The fraction of sp³-hybridized carbons (Fsp3) is 0.310. The number of carbonyl (C=O) groups is 1. The summed E-state index contributed by atoms with van der Waals surface area (Å²) in [5, 5.41) is 0. The number of aromatic amines is 1. The lowest BCUT2D eigenvalue weighted by Gasteiger charge is -2.24. The van der Waals surface area contributed by atoms with E-state index in [2.05, 4.69) is 4.37 Å². The van der Waals surface area contributed by atoms with Crippen LogP contribution in [-0.2, 0) is 13.0 Å². The molecule has 1 fully saturated rings. The molecule has 1 aliphatic carbocycles. The Bertz CT molecular complexity index is 1370. The zero-order chi connectivity index (χ0) is 25.7. The van der Waals surface area contributed by atoms with Crippen LogP contribution < -0.4 is 10.3 Å². The maximum Gasteiger partial charge on any atom is 0.258 e. The van der Waals surface area contributed by atoms with Crippen molar-refractivity contribution in [3.8, 4) is 17.1 Å². The summed E-state index contributed by atoms with van der Waals surface area (Å²) < 4.78 is 23.0. The smallest absolute Gasteiger partial charge is 0.258 e. The van der Waals surface area contributed by atoms with Crippen molar-refractivity contribution in [2.24, 2.45) is 0 Å². The van der Waals surface area contributed by atoms with Crippen molar-refractivity contribution < 1.29 is 15.3 Å². The summed E-state index contributed by atoms with van der Waals surface area (Å²) in [5.41, 5.74) is 2.33. The van der Waals surface area contributed by atoms with Crippen LogP contribution in [0, 0.1) is 0 Å². The van der Waals surface area contributed by atoms with Gasteiger partial charge >= 0.3 is 0 Å². The predicted octanol–water partition coefficient (Wildman–Crippen LogP) is 6.29. The number of ether oxygens (including phenoxy) is 1. The van der Waals surface area contributed by atoms with Gasteiger partial charge in [-0.05, 0) is 68.9 Å². The third-order valence-electron chi connectivity index (χ3n) is 6.24. The first kappa shape index (κ1) is 22.9. The summed E-state index contributed by atoms with van der Waals surface area (Å²) in [6.45, 7) is 0.902. The Labute approximate surface area is 216 Å². The molecule has 0 unspecified atom stereocenters. The SMILES string of the molecule is [2H]C1(N(Cc2ccccc2OCCCCCc2cc(=O)[nH]s2)C(=O)c2ccc(-c3ccco3)cc2)CC1. The van der Waals surface area contributed by atoms with Crippen LogP contribution >= 0.6 is 11.5 Å². The zero-order valence-corrected chi connectivity index (χ0v) is 20.9. The minimum Gasteiger partial charge on any atom is -0.493 e. The Morgan fingerprint density at radius 1 is 1.08 bits per heavy atom. The van der Waals surface area contributed by atoms with Gasteiger partial charge in [-0.1, -0.05) is 41.9 Å². The van der Waals surface area contributed by atoms with Gasteiger partial charge in [-0.25, -0.2) is 0 Å². The molecule has 2 aromatic carbocycles. The van der Waals surface area contributed by atoms with Gasteiger partial charge < -0.3 is 14.1 Å². The number of para-hydroxylation sites is 1. The molecule has 0 saturated heterocycles. The summed E-state index contributed by atoms with van der Waals surface area (Å²) in [4.78, 5) is 27.5. The first-order chi connectivity index (χ1) is 18.0. The number of hydrogen-bond acceptors (Lipinski definition) is 5. The third kappa shape index (κ3) is 6.15. The highest BCUT2D eigenvalue weighted by atomic mass is 32.1. The van der Waals surface area contributed by atoms with Crippen molar-refractivity contribution in [1.82, 2.24) is 9.27 Å². The number of furan rings is 1. The summed E-state index contributed by atoms with van der Waals surface area (Å²) in [6, 6.07) is 19.6. The minimum atomic E-state index is -0.882. The average Bonchev–Trinajstić information content (AvgIpc) is 3.27. The summed E-state index contributed by atoms with van der Waals surface area (Å²) >= 11 is 1.40. The Kier molecular flexibility index (Phi) is 7.26. The van der Waals surface area contributed by atoms with Crippen LogP contribution in [0.3, 0.4) is 0 Å². The molecule has 6 nitrogen and oxygen atoms in total. The molecule has 186 valence electrons. The van der Waals surface area contributed by atoms with Crippen molar-refractivity contribution in [2.45, 2.75) is 51.1 Å². The van der Waals surface area contributed by atoms with Crippen LogP contribution in [0.4, 0.5) is 0 Å². The molecule has 5 rings (SSSR count). The molecule has 7 heteroatoms. The first-order valence-electron chi connectivity index (χ1n) is 12.9. The van der Waals surface area contributed by atoms with E-state index in [0.717, 1.165) is 53.2 Å². The summed E-state index contributed by atoms with van der Waals surface area (Å²) in [7, 11) is 0. The van der Waals surface area contributed by atoms with E-state index in [-0.39, 0.29) is 11.5 Å². The number of nitrogens with one attached hydrogen (secondary N) is 1. The van der Waals surface area contributed by atoms with Gasteiger partial charge in [0.15, 0.2) is 0 Å². The molecule has 2 heterocycles.